The van der Waals surface area contributed by atoms with E-state index in [0.717, 1.165) is 29.3 Å². The standard InChI is InChI=1S/C13H20BrN3O2S/c1-4-17(9-10-5-6-10)13-12(14)7-11(8-15-13)20(18,19)16(2)3/h7-8,10H,4-6,9H2,1-3H3. The number of sulfonamides is 1. The van der Waals surface area contributed by atoms with Gasteiger partial charge in [0.15, 0.2) is 0 Å². The Morgan fingerprint density at radius 1 is 1.40 bits per heavy atom. The molecule has 112 valence electrons. The van der Waals surface area contributed by atoms with Gasteiger partial charge in [-0.25, -0.2) is 17.7 Å². The lowest BCUT2D eigenvalue weighted by Gasteiger charge is -2.23. The summed E-state index contributed by atoms with van der Waals surface area (Å²) in [6.07, 6.45) is 3.99. The third-order valence-electron chi connectivity index (χ3n) is 3.43. The minimum atomic E-state index is -3.44. The Balaban J connectivity index is 2.29. The van der Waals surface area contributed by atoms with Crippen LogP contribution < -0.4 is 4.90 Å². The van der Waals surface area contributed by atoms with E-state index in [0.29, 0.717) is 0 Å². The van der Waals surface area contributed by atoms with Crippen LogP contribution in [0.1, 0.15) is 19.8 Å². The van der Waals surface area contributed by atoms with Crippen molar-refractivity contribution in [2.75, 3.05) is 32.1 Å². The largest absolute Gasteiger partial charge is 0.356 e. The quantitative estimate of drug-likeness (QED) is 0.780. The first-order valence-corrected chi connectivity index (χ1v) is 8.92. The summed E-state index contributed by atoms with van der Waals surface area (Å²) in [4.78, 5) is 6.75. The summed E-state index contributed by atoms with van der Waals surface area (Å²) < 4.78 is 26.1. The van der Waals surface area contributed by atoms with Gasteiger partial charge in [-0.15, -0.1) is 0 Å². The van der Waals surface area contributed by atoms with Crippen LogP contribution >= 0.6 is 15.9 Å². The van der Waals surface area contributed by atoms with E-state index in [4.69, 9.17) is 0 Å². The predicted octanol–water partition coefficient (Wildman–Crippen LogP) is 2.33. The Morgan fingerprint density at radius 3 is 2.50 bits per heavy atom. The lowest BCUT2D eigenvalue weighted by Crippen LogP contribution is -2.27. The Bertz CT molecular complexity index is 585. The van der Waals surface area contributed by atoms with E-state index in [1.54, 1.807) is 6.07 Å². The number of nitrogens with zero attached hydrogens (tertiary/aromatic N) is 3. The first-order chi connectivity index (χ1) is 9.36. The summed E-state index contributed by atoms with van der Waals surface area (Å²) in [5, 5.41) is 0. The van der Waals surface area contributed by atoms with Crippen molar-refractivity contribution in [1.82, 2.24) is 9.29 Å². The summed E-state index contributed by atoms with van der Waals surface area (Å²) in [5.74, 6) is 1.57. The minimum Gasteiger partial charge on any atom is -0.356 e. The van der Waals surface area contributed by atoms with Gasteiger partial charge in [0.25, 0.3) is 0 Å². The molecule has 1 aliphatic rings. The van der Waals surface area contributed by atoms with Crippen LogP contribution in [0.4, 0.5) is 5.82 Å². The molecule has 1 aromatic heterocycles. The molecule has 0 spiro atoms. The van der Waals surface area contributed by atoms with Crippen molar-refractivity contribution in [2.45, 2.75) is 24.7 Å². The van der Waals surface area contributed by atoms with Crippen molar-refractivity contribution in [3.8, 4) is 0 Å². The van der Waals surface area contributed by atoms with Gasteiger partial charge in [0, 0.05) is 33.4 Å². The van der Waals surface area contributed by atoms with Crippen LogP contribution in [0.25, 0.3) is 0 Å². The van der Waals surface area contributed by atoms with E-state index < -0.39 is 10.0 Å². The third kappa shape index (κ3) is 3.32. The van der Waals surface area contributed by atoms with Gasteiger partial charge >= 0.3 is 0 Å². The molecule has 0 aromatic carbocycles. The van der Waals surface area contributed by atoms with Crippen LogP contribution in [-0.2, 0) is 10.0 Å². The van der Waals surface area contributed by atoms with Crippen LogP contribution in [0.15, 0.2) is 21.6 Å². The van der Waals surface area contributed by atoms with E-state index in [-0.39, 0.29) is 4.90 Å². The number of hydrogen-bond donors (Lipinski definition) is 0. The van der Waals surface area contributed by atoms with Crippen molar-refractivity contribution >= 4 is 31.8 Å². The maximum Gasteiger partial charge on any atom is 0.244 e. The molecule has 1 aromatic rings. The normalized spacial score (nSPS) is 15.7. The topological polar surface area (TPSA) is 53.5 Å². The minimum absolute atomic E-state index is 0.209. The lowest BCUT2D eigenvalue weighted by molar-refractivity contribution is 0.520. The summed E-state index contributed by atoms with van der Waals surface area (Å²) in [6.45, 7) is 3.94. The van der Waals surface area contributed by atoms with E-state index >= 15 is 0 Å². The Morgan fingerprint density at radius 2 is 2.05 bits per heavy atom. The smallest absolute Gasteiger partial charge is 0.244 e. The van der Waals surface area contributed by atoms with Crippen molar-refractivity contribution in [3.05, 3.63) is 16.7 Å². The number of hydrogen-bond acceptors (Lipinski definition) is 4. The molecule has 0 N–H and O–H groups in total. The molecule has 0 aliphatic heterocycles. The van der Waals surface area contributed by atoms with Crippen molar-refractivity contribution in [3.63, 3.8) is 0 Å². The molecule has 1 heterocycles. The Labute approximate surface area is 129 Å². The van der Waals surface area contributed by atoms with Gasteiger partial charge in [-0.05, 0) is 47.7 Å². The summed E-state index contributed by atoms with van der Waals surface area (Å²) in [7, 11) is -0.404. The predicted molar refractivity (Wildman–Crippen MR) is 83.4 cm³/mol. The zero-order valence-corrected chi connectivity index (χ0v) is 14.4. The average Bonchev–Trinajstić information content (AvgIpc) is 3.20. The van der Waals surface area contributed by atoms with Crippen LogP contribution in [0, 0.1) is 5.92 Å². The van der Waals surface area contributed by atoms with E-state index in [2.05, 4.69) is 32.7 Å². The maximum atomic E-state index is 12.1. The second-order valence-corrected chi connectivity index (χ2v) is 8.25. The van der Waals surface area contributed by atoms with Crippen molar-refractivity contribution < 1.29 is 8.42 Å². The molecule has 7 heteroatoms. The van der Waals surface area contributed by atoms with Crippen LogP contribution in [0.3, 0.4) is 0 Å². The molecular formula is C13H20BrN3O2S. The molecule has 0 bridgehead atoms. The molecule has 0 amide bonds. The first kappa shape index (κ1) is 15.7. The van der Waals surface area contributed by atoms with Gasteiger partial charge < -0.3 is 4.90 Å². The molecule has 0 radical (unpaired) electrons. The maximum absolute atomic E-state index is 12.1. The molecule has 0 saturated heterocycles. The fourth-order valence-corrected chi connectivity index (χ4v) is 3.60. The number of halogens is 1. The SMILES string of the molecule is CCN(CC1CC1)c1ncc(S(=O)(=O)N(C)C)cc1Br. The lowest BCUT2D eigenvalue weighted by atomic mass is 10.3. The summed E-state index contributed by atoms with van der Waals surface area (Å²) >= 11 is 3.45. The zero-order valence-electron chi connectivity index (χ0n) is 12.0. The Hall–Kier alpha value is -0.660. The average molecular weight is 362 g/mol. The van der Waals surface area contributed by atoms with Gasteiger partial charge in [0.2, 0.25) is 10.0 Å². The highest BCUT2D eigenvalue weighted by atomic mass is 79.9. The number of pyridine rings is 1. The molecule has 5 nitrogen and oxygen atoms in total. The zero-order chi connectivity index (χ0) is 14.9. The van der Waals surface area contributed by atoms with Crippen LogP contribution in [0.5, 0.6) is 0 Å². The van der Waals surface area contributed by atoms with Gasteiger partial charge in [0.1, 0.15) is 10.7 Å². The van der Waals surface area contributed by atoms with Gasteiger partial charge in [-0.2, -0.15) is 0 Å². The molecule has 2 rings (SSSR count). The molecule has 1 saturated carbocycles. The molecule has 1 fully saturated rings. The second kappa shape index (κ2) is 5.99. The van der Waals surface area contributed by atoms with E-state index in [1.165, 1.54) is 37.4 Å². The highest BCUT2D eigenvalue weighted by molar-refractivity contribution is 9.10. The van der Waals surface area contributed by atoms with E-state index in [1.807, 2.05) is 0 Å². The highest BCUT2D eigenvalue weighted by Gasteiger charge is 2.26. The summed E-state index contributed by atoms with van der Waals surface area (Å²) in [6, 6.07) is 1.63. The van der Waals surface area contributed by atoms with Gasteiger partial charge in [-0.1, -0.05) is 0 Å². The number of aromatic nitrogens is 1. The summed E-state index contributed by atoms with van der Waals surface area (Å²) in [5.41, 5.74) is 0. The van der Waals surface area contributed by atoms with Crippen LogP contribution in [-0.4, -0.2) is 44.9 Å². The fourth-order valence-electron chi connectivity index (χ4n) is 1.98. The second-order valence-electron chi connectivity index (χ2n) is 5.25. The fraction of sp³-hybridized carbons (Fsp3) is 0.615. The Kier molecular flexibility index (Phi) is 4.71. The number of anilines is 1. The van der Waals surface area contributed by atoms with E-state index in [9.17, 15) is 8.42 Å². The highest BCUT2D eigenvalue weighted by Crippen LogP contribution is 2.33. The molecule has 20 heavy (non-hydrogen) atoms. The van der Waals surface area contributed by atoms with Gasteiger partial charge in [0.05, 0.1) is 4.47 Å². The third-order valence-corrected chi connectivity index (χ3v) is 5.80. The molecule has 1 aliphatic carbocycles. The van der Waals surface area contributed by atoms with Gasteiger partial charge in [-0.3, -0.25) is 0 Å². The van der Waals surface area contributed by atoms with Crippen LogP contribution in [0.2, 0.25) is 0 Å². The number of rotatable bonds is 6. The van der Waals surface area contributed by atoms with Crippen molar-refractivity contribution in [1.29, 1.82) is 0 Å². The molecule has 0 atom stereocenters. The molecule has 0 unspecified atom stereocenters. The molecular weight excluding hydrogens is 342 g/mol. The monoisotopic (exact) mass is 361 g/mol. The van der Waals surface area contributed by atoms with Crippen molar-refractivity contribution in [2.24, 2.45) is 5.92 Å². The first-order valence-electron chi connectivity index (χ1n) is 6.69.